The SMILES string of the molecule is COC(=O)c1nc(-c2cc(O)cc(F)c2)sc1C. The molecule has 1 N–H and O–H groups in total. The van der Waals surface area contributed by atoms with Crippen molar-refractivity contribution in [2.75, 3.05) is 7.11 Å². The number of aryl methyl sites for hydroxylation is 1. The van der Waals surface area contributed by atoms with Gasteiger partial charge in [0, 0.05) is 16.5 Å². The molecule has 0 aliphatic carbocycles. The highest BCUT2D eigenvalue weighted by Crippen LogP contribution is 2.30. The van der Waals surface area contributed by atoms with Crippen molar-refractivity contribution in [1.29, 1.82) is 0 Å². The van der Waals surface area contributed by atoms with Crippen LogP contribution in [0, 0.1) is 12.7 Å². The van der Waals surface area contributed by atoms with E-state index in [1.165, 1.54) is 30.6 Å². The Morgan fingerprint density at radius 1 is 1.44 bits per heavy atom. The Hall–Kier alpha value is -1.95. The number of hydrogen-bond acceptors (Lipinski definition) is 5. The van der Waals surface area contributed by atoms with Crippen LogP contribution in [-0.4, -0.2) is 23.2 Å². The molecule has 0 unspecified atom stereocenters. The lowest BCUT2D eigenvalue weighted by molar-refractivity contribution is 0.0594. The predicted molar refractivity (Wildman–Crippen MR) is 65.2 cm³/mol. The number of carbonyl (C=O) groups excluding carboxylic acids is 1. The first-order valence-electron chi connectivity index (χ1n) is 5.07. The molecule has 0 spiro atoms. The number of aromatic nitrogens is 1. The third kappa shape index (κ3) is 2.33. The maximum absolute atomic E-state index is 13.2. The summed E-state index contributed by atoms with van der Waals surface area (Å²) in [5.41, 5.74) is 0.636. The highest BCUT2D eigenvalue weighted by molar-refractivity contribution is 7.15. The number of halogens is 1. The van der Waals surface area contributed by atoms with Gasteiger partial charge in [0.1, 0.15) is 16.6 Å². The largest absolute Gasteiger partial charge is 0.508 e. The van der Waals surface area contributed by atoms with Gasteiger partial charge in [0.05, 0.1) is 7.11 Å². The van der Waals surface area contributed by atoms with Gasteiger partial charge in [0.25, 0.3) is 0 Å². The third-order valence-corrected chi connectivity index (χ3v) is 3.32. The lowest BCUT2D eigenvalue weighted by Gasteiger charge is -1.98. The van der Waals surface area contributed by atoms with E-state index in [-0.39, 0.29) is 11.4 Å². The van der Waals surface area contributed by atoms with Crippen LogP contribution in [0.5, 0.6) is 5.75 Å². The number of carbonyl (C=O) groups is 1. The van der Waals surface area contributed by atoms with E-state index in [1.54, 1.807) is 6.92 Å². The normalized spacial score (nSPS) is 10.4. The van der Waals surface area contributed by atoms with Gasteiger partial charge >= 0.3 is 5.97 Å². The Kier molecular flexibility index (Phi) is 3.29. The number of phenols is 1. The minimum atomic E-state index is -0.558. The first-order valence-corrected chi connectivity index (χ1v) is 5.88. The van der Waals surface area contributed by atoms with E-state index in [4.69, 9.17) is 0 Å². The van der Waals surface area contributed by atoms with Gasteiger partial charge in [0.2, 0.25) is 0 Å². The molecule has 2 aromatic rings. The van der Waals surface area contributed by atoms with Gasteiger partial charge in [-0.2, -0.15) is 0 Å². The number of nitrogens with zero attached hydrogens (tertiary/aromatic N) is 1. The van der Waals surface area contributed by atoms with Gasteiger partial charge in [-0.25, -0.2) is 14.2 Å². The molecule has 94 valence electrons. The summed E-state index contributed by atoms with van der Waals surface area (Å²) in [6.45, 7) is 1.73. The minimum Gasteiger partial charge on any atom is -0.508 e. The molecule has 0 aliphatic heterocycles. The fourth-order valence-corrected chi connectivity index (χ4v) is 2.39. The average Bonchev–Trinajstić information content (AvgIpc) is 2.69. The Labute approximate surface area is 107 Å². The van der Waals surface area contributed by atoms with Gasteiger partial charge in [-0.1, -0.05) is 0 Å². The number of ether oxygens (including phenoxy) is 1. The molecule has 0 bridgehead atoms. The van der Waals surface area contributed by atoms with E-state index in [2.05, 4.69) is 9.72 Å². The Morgan fingerprint density at radius 2 is 2.17 bits per heavy atom. The van der Waals surface area contributed by atoms with E-state index >= 15 is 0 Å². The maximum atomic E-state index is 13.2. The lowest BCUT2D eigenvalue weighted by Crippen LogP contribution is -2.03. The highest BCUT2D eigenvalue weighted by Gasteiger charge is 2.17. The molecule has 0 saturated heterocycles. The van der Waals surface area contributed by atoms with Gasteiger partial charge in [-0.05, 0) is 19.1 Å². The molecule has 1 aromatic carbocycles. The zero-order chi connectivity index (χ0) is 13.3. The van der Waals surface area contributed by atoms with Crippen molar-refractivity contribution in [3.8, 4) is 16.3 Å². The fourth-order valence-electron chi connectivity index (χ4n) is 1.50. The van der Waals surface area contributed by atoms with E-state index < -0.39 is 11.8 Å². The van der Waals surface area contributed by atoms with Crippen LogP contribution in [0.2, 0.25) is 0 Å². The summed E-state index contributed by atoms with van der Waals surface area (Å²) >= 11 is 1.24. The number of phenolic OH excluding ortho intramolecular Hbond substituents is 1. The number of rotatable bonds is 2. The molecule has 1 aromatic heterocycles. The van der Waals surface area contributed by atoms with Crippen molar-refractivity contribution in [1.82, 2.24) is 4.98 Å². The second kappa shape index (κ2) is 4.73. The molecular formula is C12H10FNO3S. The predicted octanol–water partition coefficient (Wildman–Crippen LogP) is 2.75. The van der Waals surface area contributed by atoms with Gasteiger partial charge in [-0.3, -0.25) is 0 Å². The smallest absolute Gasteiger partial charge is 0.357 e. The number of aromatic hydroxyl groups is 1. The maximum Gasteiger partial charge on any atom is 0.357 e. The molecule has 0 fully saturated rings. The van der Waals surface area contributed by atoms with Gasteiger partial charge in [-0.15, -0.1) is 11.3 Å². The second-order valence-electron chi connectivity index (χ2n) is 3.61. The molecule has 0 aliphatic rings. The van der Waals surface area contributed by atoms with Crippen LogP contribution in [-0.2, 0) is 4.74 Å². The number of hydrogen-bond donors (Lipinski definition) is 1. The molecule has 4 nitrogen and oxygen atoms in total. The van der Waals surface area contributed by atoms with Crippen LogP contribution in [0.3, 0.4) is 0 Å². The summed E-state index contributed by atoms with van der Waals surface area (Å²) in [5, 5.41) is 9.79. The fraction of sp³-hybridized carbons (Fsp3) is 0.167. The van der Waals surface area contributed by atoms with E-state index in [9.17, 15) is 14.3 Å². The van der Waals surface area contributed by atoms with Crippen LogP contribution in [0.4, 0.5) is 4.39 Å². The third-order valence-electron chi connectivity index (χ3n) is 2.30. The highest BCUT2D eigenvalue weighted by atomic mass is 32.1. The van der Waals surface area contributed by atoms with Crippen LogP contribution >= 0.6 is 11.3 Å². The minimum absolute atomic E-state index is 0.183. The number of methoxy groups -OCH3 is 1. The number of thiazole rings is 1. The Bertz CT molecular complexity index is 589. The van der Waals surface area contributed by atoms with Crippen molar-refractivity contribution in [3.05, 3.63) is 34.6 Å². The summed E-state index contributed by atoms with van der Waals surface area (Å²) < 4.78 is 17.8. The van der Waals surface area contributed by atoms with E-state index in [1.807, 2.05) is 0 Å². The molecule has 18 heavy (non-hydrogen) atoms. The van der Waals surface area contributed by atoms with Crippen molar-refractivity contribution >= 4 is 17.3 Å². The van der Waals surface area contributed by atoms with Crippen LogP contribution in [0.15, 0.2) is 18.2 Å². The van der Waals surface area contributed by atoms with Gasteiger partial charge < -0.3 is 9.84 Å². The average molecular weight is 267 g/mol. The monoisotopic (exact) mass is 267 g/mol. The first-order chi connectivity index (χ1) is 8.51. The number of benzene rings is 1. The molecule has 0 radical (unpaired) electrons. The first kappa shape index (κ1) is 12.5. The standard InChI is InChI=1S/C12H10FNO3S/c1-6-10(12(16)17-2)14-11(18-6)7-3-8(13)5-9(15)4-7/h3-5,15H,1-2H3. The molecule has 0 atom stereocenters. The summed E-state index contributed by atoms with van der Waals surface area (Å²) in [5.74, 6) is -1.27. The van der Waals surface area contributed by atoms with Crippen LogP contribution < -0.4 is 0 Å². The summed E-state index contributed by atoms with van der Waals surface area (Å²) in [7, 11) is 1.27. The van der Waals surface area contributed by atoms with E-state index in [0.29, 0.717) is 15.4 Å². The topological polar surface area (TPSA) is 59.4 Å². The van der Waals surface area contributed by atoms with Crippen molar-refractivity contribution in [3.63, 3.8) is 0 Å². The summed E-state index contributed by atoms with van der Waals surface area (Å²) in [4.78, 5) is 16.2. The van der Waals surface area contributed by atoms with E-state index in [0.717, 1.165) is 6.07 Å². The van der Waals surface area contributed by atoms with Crippen LogP contribution in [0.25, 0.3) is 10.6 Å². The van der Waals surface area contributed by atoms with Crippen LogP contribution in [0.1, 0.15) is 15.4 Å². The summed E-state index contributed by atoms with van der Waals surface area (Å²) in [6.07, 6.45) is 0. The molecular weight excluding hydrogens is 257 g/mol. The molecule has 0 amide bonds. The lowest BCUT2D eigenvalue weighted by atomic mass is 10.2. The molecule has 0 saturated carbocycles. The van der Waals surface area contributed by atoms with Gasteiger partial charge in [0.15, 0.2) is 5.69 Å². The van der Waals surface area contributed by atoms with Crippen molar-refractivity contribution in [2.45, 2.75) is 6.92 Å². The van der Waals surface area contributed by atoms with Crippen molar-refractivity contribution in [2.24, 2.45) is 0 Å². The quantitative estimate of drug-likeness (QED) is 0.850. The summed E-state index contributed by atoms with van der Waals surface area (Å²) in [6, 6.07) is 3.65. The zero-order valence-electron chi connectivity index (χ0n) is 9.73. The molecule has 6 heteroatoms. The zero-order valence-corrected chi connectivity index (χ0v) is 10.5. The van der Waals surface area contributed by atoms with Crippen molar-refractivity contribution < 1.29 is 19.0 Å². The number of esters is 1. The molecule has 1 heterocycles. The molecule has 2 rings (SSSR count). The second-order valence-corrected chi connectivity index (χ2v) is 4.82. The Morgan fingerprint density at radius 3 is 2.78 bits per heavy atom. The Balaban J connectivity index is 2.48.